The van der Waals surface area contributed by atoms with Crippen molar-refractivity contribution in [2.75, 3.05) is 25.9 Å². The summed E-state index contributed by atoms with van der Waals surface area (Å²) >= 11 is 0. The first-order valence-electron chi connectivity index (χ1n) is 5.59. The second-order valence-corrected chi connectivity index (χ2v) is 6.93. The summed E-state index contributed by atoms with van der Waals surface area (Å²) in [5.74, 6) is 0.0852. The molecule has 1 saturated heterocycles. The van der Waals surface area contributed by atoms with Crippen LogP contribution in [0.25, 0.3) is 0 Å². The van der Waals surface area contributed by atoms with Crippen LogP contribution in [0.3, 0.4) is 0 Å². The monoisotopic (exact) mass is 252 g/mol. The second-order valence-electron chi connectivity index (χ2n) is 4.95. The van der Waals surface area contributed by atoms with Gasteiger partial charge in [-0.2, -0.15) is 0 Å². The van der Waals surface area contributed by atoms with Gasteiger partial charge in [-0.15, -0.1) is 0 Å². The summed E-state index contributed by atoms with van der Waals surface area (Å²) in [5.41, 5.74) is 3.95. The third-order valence-electron chi connectivity index (χ3n) is 3.09. The average Bonchev–Trinajstić information content (AvgIpc) is 2.16. The maximum atomic E-state index is 13.7. The van der Waals surface area contributed by atoms with Crippen LogP contribution < -0.4 is 5.73 Å². The molecule has 16 heavy (non-hydrogen) atoms. The van der Waals surface area contributed by atoms with E-state index in [1.165, 1.54) is 17.5 Å². The Balaban J connectivity index is 2.58. The number of rotatable bonds is 4. The first kappa shape index (κ1) is 13.9. The predicted octanol–water partition coefficient (Wildman–Crippen LogP) is 0.735. The van der Waals surface area contributed by atoms with Gasteiger partial charge >= 0.3 is 0 Å². The van der Waals surface area contributed by atoms with Gasteiger partial charge in [-0.05, 0) is 32.1 Å². The fourth-order valence-electron chi connectivity index (χ4n) is 2.18. The van der Waals surface area contributed by atoms with Crippen LogP contribution in [0.15, 0.2) is 0 Å². The maximum Gasteiger partial charge on any atom is 0.211 e. The molecule has 0 spiro atoms. The van der Waals surface area contributed by atoms with Crippen molar-refractivity contribution >= 4 is 10.0 Å². The molecular weight excluding hydrogens is 231 g/mol. The third kappa shape index (κ3) is 3.99. The zero-order valence-electron chi connectivity index (χ0n) is 9.95. The molecule has 1 aliphatic rings. The van der Waals surface area contributed by atoms with Gasteiger partial charge in [0.15, 0.2) is 0 Å². The highest BCUT2D eigenvalue weighted by molar-refractivity contribution is 7.88. The van der Waals surface area contributed by atoms with Crippen molar-refractivity contribution in [1.82, 2.24) is 4.31 Å². The van der Waals surface area contributed by atoms with E-state index in [0.29, 0.717) is 19.5 Å². The van der Waals surface area contributed by atoms with Crippen molar-refractivity contribution in [2.45, 2.75) is 31.9 Å². The molecule has 0 aromatic carbocycles. The number of hydrogen-bond acceptors (Lipinski definition) is 3. The lowest BCUT2D eigenvalue weighted by Gasteiger charge is -2.33. The van der Waals surface area contributed by atoms with Crippen molar-refractivity contribution in [2.24, 2.45) is 11.7 Å². The minimum atomic E-state index is -3.14. The topological polar surface area (TPSA) is 63.4 Å². The van der Waals surface area contributed by atoms with Gasteiger partial charge in [0.25, 0.3) is 0 Å². The molecule has 6 heteroatoms. The standard InChI is InChI=1S/C10H21FN2O2S/c1-10(11,8-12)6-9-4-3-5-13(7-9)16(2,14)15/h9H,3-8,12H2,1-2H3. The first-order valence-corrected chi connectivity index (χ1v) is 7.43. The Morgan fingerprint density at radius 2 is 2.19 bits per heavy atom. The number of nitrogens with two attached hydrogens (primary N) is 1. The molecule has 0 amide bonds. The van der Waals surface area contributed by atoms with Gasteiger partial charge in [-0.1, -0.05) is 0 Å². The van der Waals surface area contributed by atoms with Gasteiger partial charge in [-0.3, -0.25) is 0 Å². The zero-order chi connectivity index (χ0) is 12.4. The van der Waals surface area contributed by atoms with Gasteiger partial charge in [0, 0.05) is 19.6 Å². The van der Waals surface area contributed by atoms with Crippen LogP contribution in [0.2, 0.25) is 0 Å². The summed E-state index contributed by atoms with van der Waals surface area (Å²) in [6.45, 7) is 2.45. The minimum absolute atomic E-state index is 0.0115. The highest BCUT2D eigenvalue weighted by Crippen LogP contribution is 2.28. The van der Waals surface area contributed by atoms with E-state index in [4.69, 9.17) is 5.73 Å². The second kappa shape index (κ2) is 4.98. The highest BCUT2D eigenvalue weighted by atomic mass is 32.2. The third-order valence-corrected chi connectivity index (χ3v) is 4.36. The Bertz CT molecular complexity index is 330. The van der Waals surface area contributed by atoms with Crippen LogP contribution >= 0.6 is 0 Å². The summed E-state index contributed by atoms with van der Waals surface area (Å²) in [5, 5.41) is 0. The largest absolute Gasteiger partial charge is 0.328 e. The summed E-state index contributed by atoms with van der Waals surface area (Å²) in [6.07, 6.45) is 3.23. The molecule has 2 atom stereocenters. The summed E-state index contributed by atoms with van der Waals surface area (Å²) in [6, 6.07) is 0. The SMILES string of the molecule is CC(F)(CN)CC1CCCN(S(C)(=O)=O)C1. The first-order chi connectivity index (χ1) is 7.24. The molecule has 1 rings (SSSR count). The van der Waals surface area contributed by atoms with E-state index in [-0.39, 0.29) is 12.5 Å². The quantitative estimate of drug-likeness (QED) is 0.802. The molecule has 0 saturated carbocycles. The van der Waals surface area contributed by atoms with Gasteiger partial charge < -0.3 is 5.73 Å². The van der Waals surface area contributed by atoms with Crippen molar-refractivity contribution in [3.8, 4) is 0 Å². The Kier molecular flexibility index (Phi) is 4.31. The molecule has 0 aromatic rings. The number of sulfonamides is 1. The molecule has 0 radical (unpaired) electrons. The van der Waals surface area contributed by atoms with Crippen molar-refractivity contribution in [3.63, 3.8) is 0 Å². The van der Waals surface area contributed by atoms with Crippen LogP contribution in [0, 0.1) is 5.92 Å². The number of hydrogen-bond donors (Lipinski definition) is 1. The molecule has 1 fully saturated rings. The molecule has 2 unspecified atom stereocenters. The van der Waals surface area contributed by atoms with E-state index in [9.17, 15) is 12.8 Å². The van der Waals surface area contributed by atoms with Crippen molar-refractivity contribution < 1.29 is 12.8 Å². The summed E-state index contributed by atoms with van der Waals surface area (Å²) in [4.78, 5) is 0. The lowest BCUT2D eigenvalue weighted by molar-refractivity contribution is 0.127. The lowest BCUT2D eigenvalue weighted by Crippen LogP contribution is -2.42. The van der Waals surface area contributed by atoms with Gasteiger partial charge in [0.05, 0.1) is 6.26 Å². The van der Waals surface area contributed by atoms with E-state index in [1.807, 2.05) is 0 Å². The summed E-state index contributed by atoms with van der Waals surface area (Å²) < 4.78 is 37.9. The number of nitrogens with zero attached hydrogens (tertiary/aromatic N) is 1. The molecule has 2 N–H and O–H groups in total. The smallest absolute Gasteiger partial charge is 0.211 e. The lowest BCUT2D eigenvalue weighted by atomic mass is 9.88. The molecule has 4 nitrogen and oxygen atoms in total. The van der Waals surface area contributed by atoms with Crippen LogP contribution in [0.5, 0.6) is 0 Å². The fourth-order valence-corrected chi connectivity index (χ4v) is 3.12. The summed E-state index contributed by atoms with van der Waals surface area (Å²) in [7, 11) is -3.14. The van der Waals surface area contributed by atoms with E-state index >= 15 is 0 Å². The Morgan fingerprint density at radius 3 is 2.69 bits per heavy atom. The fraction of sp³-hybridized carbons (Fsp3) is 1.00. The molecule has 0 aliphatic carbocycles. The van der Waals surface area contributed by atoms with Crippen LogP contribution in [-0.2, 0) is 10.0 Å². The average molecular weight is 252 g/mol. The number of piperidine rings is 1. The van der Waals surface area contributed by atoms with E-state index in [1.54, 1.807) is 0 Å². The van der Waals surface area contributed by atoms with Crippen LogP contribution in [0.4, 0.5) is 4.39 Å². The number of alkyl halides is 1. The van der Waals surface area contributed by atoms with Crippen molar-refractivity contribution in [3.05, 3.63) is 0 Å². The highest BCUT2D eigenvalue weighted by Gasteiger charge is 2.31. The molecular formula is C10H21FN2O2S. The molecule has 1 heterocycles. The molecule has 96 valence electrons. The molecule has 1 aliphatic heterocycles. The normalized spacial score (nSPS) is 27.6. The Labute approximate surface area is 97.0 Å². The number of halogens is 1. The van der Waals surface area contributed by atoms with Crippen LogP contribution in [-0.4, -0.2) is 44.3 Å². The molecule has 0 bridgehead atoms. The van der Waals surface area contributed by atoms with Crippen LogP contribution in [0.1, 0.15) is 26.2 Å². The zero-order valence-corrected chi connectivity index (χ0v) is 10.8. The minimum Gasteiger partial charge on any atom is -0.328 e. The Morgan fingerprint density at radius 1 is 1.56 bits per heavy atom. The van der Waals surface area contributed by atoms with E-state index in [2.05, 4.69) is 0 Å². The maximum absolute atomic E-state index is 13.7. The van der Waals surface area contributed by atoms with Gasteiger partial charge in [-0.25, -0.2) is 17.1 Å². The van der Waals surface area contributed by atoms with Gasteiger partial charge in [0.1, 0.15) is 5.67 Å². The van der Waals surface area contributed by atoms with E-state index in [0.717, 1.165) is 12.8 Å². The Hall–Kier alpha value is -0.200. The van der Waals surface area contributed by atoms with Gasteiger partial charge in [0.2, 0.25) is 10.0 Å². The predicted molar refractivity (Wildman–Crippen MR) is 62.3 cm³/mol. The van der Waals surface area contributed by atoms with E-state index < -0.39 is 15.7 Å². The molecule has 0 aromatic heterocycles. The van der Waals surface area contributed by atoms with Crippen molar-refractivity contribution in [1.29, 1.82) is 0 Å².